The molecular formula is C9H8ClN3O2S. The third kappa shape index (κ3) is 2.54. The molecule has 1 amide bonds. The Morgan fingerprint density at radius 3 is 2.81 bits per heavy atom. The zero-order chi connectivity index (χ0) is 10.7. The molecule has 0 spiro atoms. The minimum Gasteiger partial charge on any atom is -0.288 e. The summed E-state index contributed by atoms with van der Waals surface area (Å²) in [4.78, 5) is 19.5. The van der Waals surface area contributed by atoms with Crippen LogP contribution in [0.1, 0.15) is 9.67 Å². The highest BCUT2D eigenvalue weighted by molar-refractivity contribution is 7.16. The van der Waals surface area contributed by atoms with Crippen LogP contribution in [0.15, 0.2) is 30.6 Å². The standard InChI is InChI=1S/C9H7N3O2S.ClH/c13-8(12-14)7-5-11-9(15-7)6-3-1-2-4-10-6;/h1-5,14H,(H,12,13);1H. The number of rotatable bonds is 2. The molecule has 0 unspecified atom stereocenters. The van der Waals surface area contributed by atoms with Crippen LogP contribution in [0.5, 0.6) is 0 Å². The van der Waals surface area contributed by atoms with Crippen molar-refractivity contribution in [2.24, 2.45) is 0 Å². The SMILES string of the molecule is Cl.O=C(NO)c1cnc(-c2ccccn2)s1. The van der Waals surface area contributed by atoms with Crippen LogP contribution in [-0.4, -0.2) is 21.1 Å². The second-order valence-electron chi connectivity index (χ2n) is 2.69. The van der Waals surface area contributed by atoms with E-state index in [1.165, 1.54) is 17.5 Å². The van der Waals surface area contributed by atoms with Crippen molar-refractivity contribution in [3.05, 3.63) is 35.5 Å². The predicted molar refractivity (Wildman–Crippen MR) is 61.8 cm³/mol. The maximum absolute atomic E-state index is 11.0. The first-order valence-electron chi connectivity index (χ1n) is 4.13. The second-order valence-corrected chi connectivity index (χ2v) is 3.72. The summed E-state index contributed by atoms with van der Waals surface area (Å²) in [5.74, 6) is -0.560. The first-order valence-corrected chi connectivity index (χ1v) is 4.94. The summed E-state index contributed by atoms with van der Waals surface area (Å²) >= 11 is 1.17. The molecule has 84 valence electrons. The van der Waals surface area contributed by atoms with E-state index in [1.807, 2.05) is 6.07 Å². The maximum Gasteiger partial charge on any atom is 0.286 e. The first kappa shape index (κ1) is 12.6. The number of nitrogens with one attached hydrogen (secondary N) is 1. The molecule has 5 nitrogen and oxygen atoms in total. The van der Waals surface area contributed by atoms with Gasteiger partial charge in [0.15, 0.2) is 0 Å². The summed E-state index contributed by atoms with van der Waals surface area (Å²) in [6.45, 7) is 0. The summed E-state index contributed by atoms with van der Waals surface area (Å²) in [7, 11) is 0. The number of carbonyl (C=O) groups excluding carboxylic acids is 1. The molecule has 0 saturated carbocycles. The van der Waals surface area contributed by atoms with E-state index in [2.05, 4.69) is 9.97 Å². The molecule has 16 heavy (non-hydrogen) atoms. The lowest BCUT2D eigenvalue weighted by Crippen LogP contribution is -2.16. The summed E-state index contributed by atoms with van der Waals surface area (Å²) < 4.78 is 0. The quantitative estimate of drug-likeness (QED) is 0.635. The molecule has 2 rings (SSSR count). The van der Waals surface area contributed by atoms with Gasteiger partial charge in [-0.3, -0.25) is 15.0 Å². The van der Waals surface area contributed by atoms with Gasteiger partial charge in [0.25, 0.3) is 5.91 Å². The number of pyridine rings is 1. The van der Waals surface area contributed by atoms with Crippen molar-refractivity contribution < 1.29 is 10.0 Å². The lowest BCUT2D eigenvalue weighted by atomic mass is 10.4. The highest BCUT2D eigenvalue weighted by Crippen LogP contribution is 2.22. The fraction of sp³-hybridized carbons (Fsp3) is 0. The van der Waals surface area contributed by atoms with Gasteiger partial charge in [-0.05, 0) is 12.1 Å². The molecule has 0 aromatic carbocycles. The summed E-state index contributed by atoms with van der Waals surface area (Å²) in [6.07, 6.45) is 3.06. The number of hydrogen-bond acceptors (Lipinski definition) is 5. The number of aromatic nitrogens is 2. The molecule has 0 radical (unpaired) electrons. The summed E-state index contributed by atoms with van der Waals surface area (Å²) in [5, 5.41) is 9.08. The Morgan fingerprint density at radius 1 is 1.38 bits per heavy atom. The molecule has 0 aliphatic heterocycles. The molecule has 0 fully saturated rings. The summed E-state index contributed by atoms with van der Waals surface area (Å²) in [6, 6.07) is 5.45. The predicted octanol–water partition coefficient (Wildman–Crippen LogP) is 1.75. The van der Waals surface area contributed by atoms with Crippen molar-refractivity contribution in [2.75, 3.05) is 0 Å². The van der Waals surface area contributed by atoms with E-state index in [0.717, 1.165) is 0 Å². The molecule has 7 heteroatoms. The average Bonchev–Trinajstić information content (AvgIpc) is 2.78. The van der Waals surface area contributed by atoms with Crippen molar-refractivity contribution >= 4 is 29.7 Å². The van der Waals surface area contributed by atoms with E-state index in [-0.39, 0.29) is 12.4 Å². The highest BCUT2D eigenvalue weighted by Gasteiger charge is 2.10. The molecule has 0 aliphatic carbocycles. The number of thiazole rings is 1. The largest absolute Gasteiger partial charge is 0.288 e. The highest BCUT2D eigenvalue weighted by atomic mass is 35.5. The van der Waals surface area contributed by atoms with Gasteiger partial charge in [-0.15, -0.1) is 23.7 Å². The Bertz CT molecular complexity index is 475. The molecule has 0 atom stereocenters. The van der Waals surface area contributed by atoms with Gasteiger partial charge in [-0.25, -0.2) is 10.5 Å². The normalized spacial score (nSPS) is 9.31. The van der Waals surface area contributed by atoms with Crippen molar-refractivity contribution in [3.63, 3.8) is 0 Å². The Hall–Kier alpha value is -1.50. The third-order valence-electron chi connectivity index (χ3n) is 1.72. The van der Waals surface area contributed by atoms with Gasteiger partial charge in [-0.1, -0.05) is 6.07 Å². The van der Waals surface area contributed by atoms with Gasteiger partial charge in [0.2, 0.25) is 0 Å². The van der Waals surface area contributed by atoms with E-state index in [1.54, 1.807) is 23.8 Å². The van der Waals surface area contributed by atoms with Gasteiger partial charge < -0.3 is 0 Å². The average molecular weight is 258 g/mol. The molecule has 2 aromatic rings. The minimum absolute atomic E-state index is 0. The molecule has 0 bridgehead atoms. The van der Waals surface area contributed by atoms with E-state index in [9.17, 15) is 4.79 Å². The smallest absolute Gasteiger partial charge is 0.286 e. The Morgan fingerprint density at radius 2 is 2.19 bits per heavy atom. The molecule has 2 heterocycles. The van der Waals surface area contributed by atoms with Gasteiger partial charge in [0.05, 0.1) is 11.9 Å². The Balaban J connectivity index is 0.00000128. The number of halogens is 1. The number of nitrogens with zero attached hydrogens (tertiary/aromatic N) is 2. The fourth-order valence-electron chi connectivity index (χ4n) is 1.04. The van der Waals surface area contributed by atoms with Gasteiger partial charge in [0, 0.05) is 6.20 Å². The fourth-order valence-corrected chi connectivity index (χ4v) is 1.82. The van der Waals surface area contributed by atoms with E-state index >= 15 is 0 Å². The Kier molecular flexibility index (Phi) is 4.36. The van der Waals surface area contributed by atoms with Crippen LogP contribution in [0.2, 0.25) is 0 Å². The van der Waals surface area contributed by atoms with Crippen molar-refractivity contribution in [1.29, 1.82) is 0 Å². The molecule has 2 aromatic heterocycles. The van der Waals surface area contributed by atoms with Crippen LogP contribution in [0.4, 0.5) is 0 Å². The lowest BCUT2D eigenvalue weighted by molar-refractivity contribution is 0.0710. The van der Waals surface area contributed by atoms with Crippen molar-refractivity contribution in [1.82, 2.24) is 15.4 Å². The molecule has 0 aliphatic rings. The van der Waals surface area contributed by atoms with Crippen molar-refractivity contribution in [2.45, 2.75) is 0 Å². The van der Waals surface area contributed by atoms with Gasteiger partial charge in [-0.2, -0.15) is 0 Å². The number of hydroxylamine groups is 1. The molecule has 0 saturated heterocycles. The van der Waals surface area contributed by atoms with Crippen LogP contribution in [-0.2, 0) is 0 Å². The molecule has 2 N–H and O–H groups in total. The van der Waals surface area contributed by atoms with Crippen LogP contribution < -0.4 is 5.48 Å². The van der Waals surface area contributed by atoms with Gasteiger partial charge >= 0.3 is 0 Å². The molecular weight excluding hydrogens is 250 g/mol. The van der Waals surface area contributed by atoms with Crippen LogP contribution >= 0.6 is 23.7 Å². The van der Waals surface area contributed by atoms with Crippen LogP contribution in [0.3, 0.4) is 0 Å². The van der Waals surface area contributed by atoms with E-state index in [4.69, 9.17) is 5.21 Å². The van der Waals surface area contributed by atoms with Crippen molar-refractivity contribution in [3.8, 4) is 10.7 Å². The lowest BCUT2D eigenvalue weighted by Gasteiger charge is -1.92. The maximum atomic E-state index is 11.0. The monoisotopic (exact) mass is 257 g/mol. The minimum atomic E-state index is -0.560. The van der Waals surface area contributed by atoms with Crippen LogP contribution in [0.25, 0.3) is 10.7 Å². The van der Waals surface area contributed by atoms with E-state index in [0.29, 0.717) is 15.6 Å². The number of hydrogen-bond donors (Lipinski definition) is 2. The number of carbonyl (C=O) groups is 1. The topological polar surface area (TPSA) is 75.1 Å². The zero-order valence-corrected chi connectivity index (χ0v) is 9.59. The van der Waals surface area contributed by atoms with Crippen LogP contribution in [0, 0.1) is 0 Å². The third-order valence-corrected chi connectivity index (χ3v) is 2.73. The van der Waals surface area contributed by atoms with Gasteiger partial charge in [0.1, 0.15) is 9.88 Å². The Labute approximate surface area is 102 Å². The second kappa shape index (κ2) is 5.55. The number of amides is 1. The first-order chi connectivity index (χ1) is 7.31. The van der Waals surface area contributed by atoms with E-state index < -0.39 is 5.91 Å². The zero-order valence-electron chi connectivity index (χ0n) is 7.95. The summed E-state index contributed by atoms with van der Waals surface area (Å²) in [5.41, 5.74) is 2.26.